The molecule has 0 aliphatic carbocycles. The van der Waals surface area contributed by atoms with Crippen LogP contribution in [0.15, 0.2) is 0 Å². The van der Waals surface area contributed by atoms with Crippen LogP contribution in [0, 0.1) is 0 Å². The van der Waals surface area contributed by atoms with E-state index in [0.29, 0.717) is 26.4 Å². The van der Waals surface area contributed by atoms with Crippen molar-refractivity contribution in [1.82, 2.24) is 0 Å². The van der Waals surface area contributed by atoms with E-state index in [1.165, 1.54) is 0 Å². The van der Waals surface area contributed by atoms with Crippen LogP contribution in [0.2, 0.25) is 0 Å². The summed E-state index contributed by atoms with van der Waals surface area (Å²) in [5.41, 5.74) is 0. The predicted molar refractivity (Wildman–Crippen MR) is 95.2 cm³/mol. The van der Waals surface area contributed by atoms with Crippen molar-refractivity contribution in [2.75, 3.05) is 26.4 Å². The standard InChI is InChI=1S/C17H34Cl2O3/c1-3-15(18)9-5-7-11-21-13-17(20)14-22-12-8-6-10-16(19)4-2/h15-17,20H,3-14H2,1-2H3. The van der Waals surface area contributed by atoms with E-state index in [1.54, 1.807) is 0 Å². The Morgan fingerprint density at radius 2 is 1.18 bits per heavy atom. The lowest BCUT2D eigenvalue weighted by atomic mass is 10.1. The first-order chi connectivity index (χ1) is 10.6. The number of aliphatic hydroxyl groups excluding tert-OH is 1. The molecule has 0 aromatic rings. The molecule has 0 aliphatic heterocycles. The quantitative estimate of drug-likeness (QED) is 0.320. The molecule has 0 aromatic carbocycles. The minimum Gasteiger partial charge on any atom is -0.388 e. The molecule has 2 unspecified atom stereocenters. The van der Waals surface area contributed by atoms with Gasteiger partial charge in [0.1, 0.15) is 6.10 Å². The van der Waals surface area contributed by atoms with Crippen LogP contribution in [-0.4, -0.2) is 48.4 Å². The summed E-state index contributed by atoms with van der Waals surface area (Å²) >= 11 is 12.1. The van der Waals surface area contributed by atoms with Gasteiger partial charge in [0, 0.05) is 24.0 Å². The molecule has 0 spiro atoms. The van der Waals surface area contributed by atoms with Crippen LogP contribution in [0.3, 0.4) is 0 Å². The molecule has 0 fully saturated rings. The number of hydrogen-bond acceptors (Lipinski definition) is 3. The fraction of sp³-hybridized carbons (Fsp3) is 1.00. The summed E-state index contributed by atoms with van der Waals surface area (Å²) in [6, 6.07) is 0. The highest BCUT2D eigenvalue weighted by atomic mass is 35.5. The highest BCUT2D eigenvalue weighted by Crippen LogP contribution is 2.11. The van der Waals surface area contributed by atoms with Crippen LogP contribution < -0.4 is 0 Å². The van der Waals surface area contributed by atoms with E-state index >= 15 is 0 Å². The highest BCUT2D eigenvalue weighted by Gasteiger charge is 2.05. The number of alkyl halides is 2. The van der Waals surface area contributed by atoms with Crippen molar-refractivity contribution in [3.8, 4) is 0 Å². The third-order valence-electron chi connectivity index (χ3n) is 3.62. The van der Waals surface area contributed by atoms with Gasteiger partial charge < -0.3 is 14.6 Å². The number of unbranched alkanes of at least 4 members (excludes halogenated alkanes) is 2. The van der Waals surface area contributed by atoms with Gasteiger partial charge in [0.25, 0.3) is 0 Å². The molecule has 3 nitrogen and oxygen atoms in total. The van der Waals surface area contributed by atoms with Gasteiger partial charge in [-0.2, -0.15) is 0 Å². The average molecular weight is 357 g/mol. The van der Waals surface area contributed by atoms with Gasteiger partial charge in [-0.05, 0) is 51.4 Å². The van der Waals surface area contributed by atoms with Gasteiger partial charge >= 0.3 is 0 Å². The van der Waals surface area contributed by atoms with E-state index in [1.807, 2.05) is 0 Å². The average Bonchev–Trinajstić information content (AvgIpc) is 2.53. The summed E-state index contributed by atoms with van der Waals surface area (Å²) in [6.07, 6.45) is 7.71. The monoisotopic (exact) mass is 356 g/mol. The number of hydrogen-bond donors (Lipinski definition) is 1. The molecule has 134 valence electrons. The molecule has 22 heavy (non-hydrogen) atoms. The third kappa shape index (κ3) is 15.4. The Kier molecular flexibility index (Phi) is 16.7. The van der Waals surface area contributed by atoms with Crippen LogP contribution in [0.4, 0.5) is 0 Å². The van der Waals surface area contributed by atoms with E-state index < -0.39 is 6.10 Å². The van der Waals surface area contributed by atoms with Crippen molar-refractivity contribution >= 4 is 23.2 Å². The smallest absolute Gasteiger partial charge is 0.101 e. The van der Waals surface area contributed by atoms with Crippen molar-refractivity contribution < 1.29 is 14.6 Å². The maximum atomic E-state index is 9.72. The van der Waals surface area contributed by atoms with E-state index in [-0.39, 0.29) is 10.8 Å². The Labute approximate surface area is 146 Å². The maximum absolute atomic E-state index is 9.72. The second-order valence-corrected chi connectivity index (χ2v) is 7.04. The van der Waals surface area contributed by atoms with Crippen molar-refractivity contribution in [3.05, 3.63) is 0 Å². The van der Waals surface area contributed by atoms with Crippen LogP contribution in [0.25, 0.3) is 0 Å². The van der Waals surface area contributed by atoms with Gasteiger partial charge in [-0.3, -0.25) is 0 Å². The molecular formula is C17H34Cl2O3. The molecule has 0 saturated carbocycles. The molecule has 5 heteroatoms. The Hall–Kier alpha value is 0.460. The maximum Gasteiger partial charge on any atom is 0.101 e. The summed E-state index contributed by atoms with van der Waals surface area (Å²) < 4.78 is 10.9. The molecule has 0 aliphatic rings. The summed E-state index contributed by atoms with van der Waals surface area (Å²) in [5.74, 6) is 0. The van der Waals surface area contributed by atoms with E-state index in [2.05, 4.69) is 13.8 Å². The summed E-state index contributed by atoms with van der Waals surface area (Å²) in [5, 5.41) is 10.3. The first-order valence-electron chi connectivity index (χ1n) is 8.71. The number of halogens is 2. The first kappa shape index (κ1) is 22.5. The number of aliphatic hydroxyl groups is 1. The zero-order chi connectivity index (χ0) is 16.6. The van der Waals surface area contributed by atoms with Gasteiger partial charge in [-0.15, -0.1) is 23.2 Å². The summed E-state index contributed by atoms with van der Waals surface area (Å²) in [6.45, 7) is 6.25. The van der Waals surface area contributed by atoms with E-state index in [9.17, 15) is 5.11 Å². The van der Waals surface area contributed by atoms with Crippen molar-refractivity contribution in [2.45, 2.75) is 82.1 Å². The Bertz CT molecular complexity index is 208. The van der Waals surface area contributed by atoms with Gasteiger partial charge in [0.05, 0.1) is 13.2 Å². The van der Waals surface area contributed by atoms with Crippen LogP contribution in [0.1, 0.15) is 65.2 Å². The normalized spacial score (nSPS) is 15.7. The predicted octanol–water partition coefficient (Wildman–Crippen LogP) is 4.76. The molecule has 0 heterocycles. The van der Waals surface area contributed by atoms with Crippen molar-refractivity contribution in [2.24, 2.45) is 0 Å². The molecule has 0 bridgehead atoms. The van der Waals surface area contributed by atoms with Crippen LogP contribution in [-0.2, 0) is 9.47 Å². The third-order valence-corrected chi connectivity index (χ3v) is 4.67. The van der Waals surface area contributed by atoms with Gasteiger partial charge in [0.2, 0.25) is 0 Å². The lowest BCUT2D eigenvalue weighted by Crippen LogP contribution is -2.22. The summed E-state index contributed by atoms with van der Waals surface area (Å²) in [7, 11) is 0. The Morgan fingerprint density at radius 1 is 0.773 bits per heavy atom. The van der Waals surface area contributed by atoms with Gasteiger partial charge in [-0.25, -0.2) is 0 Å². The number of ether oxygens (including phenoxy) is 2. The lowest BCUT2D eigenvalue weighted by molar-refractivity contribution is -0.0200. The lowest BCUT2D eigenvalue weighted by Gasteiger charge is -2.12. The largest absolute Gasteiger partial charge is 0.388 e. The molecule has 0 amide bonds. The fourth-order valence-electron chi connectivity index (χ4n) is 2.04. The second kappa shape index (κ2) is 16.3. The molecular weight excluding hydrogens is 323 g/mol. The van der Waals surface area contributed by atoms with Crippen LogP contribution in [0.5, 0.6) is 0 Å². The fourth-order valence-corrected chi connectivity index (χ4v) is 2.34. The molecule has 2 atom stereocenters. The summed E-state index contributed by atoms with van der Waals surface area (Å²) in [4.78, 5) is 0. The minimum atomic E-state index is -0.534. The second-order valence-electron chi connectivity index (χ2n) is 5.81. The van der Waals surface area contributed by atoms with E-state index in [4.69, 9.17) is 32.7 Å². The molecule has 1 N–H and O–H groups in total. The van der Waals surface area contributed by atoms with E-state index in [0.717, 1.165) is 51.4 Å². The highest BCUT2D eigenvalue weighted by molar-refractivity contribution is 6.20. The minimum absolute atomic E-state index is 0.283. The van der Waals surface area contributed by atoms with Crippen molar-refractivity contribution in [3.63, 3.8) is 0 Å². The topological polar surface area (TPSA) is 38.7 Å². The molecule has 0 saturated heterocycles. The molecule has 0 aromatic heterocycles. The van der Waals surface area contributed by atoms with Crippen LogP contribution >= 0.6 is 23.2 Å². The zero-order valence-corrected chi connectivity index (χ0v) is 15.7. The van der Waals surface area contributed by atoms with Gasteiger partial charge in [-0.1, -0.05) is 13.8 Å². The zero-order valence-electron chi connectivity index (χ0n) is 14.2. The Morgan fingerprint density at radius 3 is 1.55 bits per heavy atom. The first-order valence-corrected chi connectivity index (χ1v) is 9.59. The van der Waals surface area contributed by atoms with Crippen molar-refractivity contribution in [1.29, 1.82) is 0 Å². The molecule has 0 radical (unpaired) electrons. The SMILES string of the molecule is CCC(Cl)CCCCOCC(O)COCCCCC(Cl)CC. The van der Waals surface area contributed by atoms with Gasteiger partial charge in [0.15, 0.2) is 0 Å². The Balaban J connectivity index is 3.24. The molecule has 0 rings (SSSR count). The number of rotatable bonds is 16.